The van der Waals surface area contributed by atoms with Crippen LogP contribution in [0.2, 0.25) is 0 Å². The third kappa shape index (κ3) is 5.27. The number of hydrogen-bond donors (Lipinski definition) is 1. The summed E-state index contributed by atoms with van der Waals surface area (Å²) in [7, 11) is 1.64. The predicted molar refractivity (Wildman–Crippen MR) is 98.5 cm³/mol. The molecule has 0 radical (unpaired) electrons. The molecule has 0 spiro atoms. The molecule has 2 aromatic rings. The minimum atomic E-state index is -0.573. The lowest BCUT2D eigenvalue weighted by Gasteiger charge is -2.19. The van der Waals surface area contributed by atoms with E-state index in [1.165, 1.54) is 0 Å². The fourth-order valence-electron chi connectivity index (χ4n) is 2.35. The number of halogens is 1. The van der Waals surface area contributed by atoms with Crippen molar-refractivity contribution >= 4 is 21.8 Å². The van der Waals surface area contributed by atoms with Gasteiger partial charge in [-0.2, -0.15) is 0 Å². The van der Waals surface area contributed by atoms with Crippen molar-refractivity contribution in [1.82, 2.24) is 5.32 Å². The number of hydrogen-bond acceptors (Lipinski definition) is 3. The minimum absolute atomic E-state index is 0.00475. The van der Waals surface area contributed by atoms with Gasteiger partial charge in [0.2, 0.25) is 0 Å². The Labute approximate surface area is 151 Å². The SMILES string of the molecule is COc1cccc(CC(C)NC(=O)C(C)Oc2ccccc2Br)c1. The summed E-state index contributed by atoms with van der Waals surface area (Å²) < 4.78 is 11.8. The maximum absolute atomic E-state index is 12.3. The molecule has 0 fully saturated rings. The first-order chi connectivity index (χ1) is 11.5. The Balaban J connectivity index is 1.89. The average molecular weight is 392 g/mol. The zero-order valence-corrected chi connectivity index (χ0v) is 15.7. The molecule has 2 atom stereocenters. The molecule has 0 aliphatic carbocycles. The molecule has 2 aromatic carbocycles. The van der Waals surface area contributed by atoms with Crippen LogP contribution in [0.3, 0.4) is 0 Å². The van der Waals surface area contributed by atoms with E-state index in [1.807, 2.05) is 55.5 Å². The number of rotatable bonds is 7. The molecule has 128 valence electrons. The van der Waals surface area contributed by atoms with Crippen molar-refractivity contribution in [2.45, 2.75) is 32.4 Å². The van der Waals surface area contributed by atoms with Crippen LogP contribution in [0.5, 0.6) is 11.5 Å². The van der Waals surface area contributed by atoms with Gasteiger partial charge in [0.15, 0.2) is 6.10 Å². The second-order valence-electron chi connectivity index (χ2n) is 5.66. The molecule has 0 saturated heterocycles. The van der Waals surface area contributed by atoms with Crippen molar-refractivity contribution in [1.29, 1.82) is 0 Å². The zero-order chi connectivity index (χ0) is 17.5. The lowest BCUT2D eigenvalue weighted by molar-refractivity contribution is -0.127. The molecule has 1 N–H and O–H groups in total. The van der Waals surface area contributed by atoms with E-state index in [1.54, 1.807) is 14.0 Å². The van der Waals surface area contributed by atoms with Gasteiger partial charge >= 0.3 is 0 Å². The van der Waals surface area contributed by atoms with Crippen LogP contribution in [0.1, 0.15) is 19.4 Å². The summed E-state index contributed by atoms with van der Waals surface area (Å²) in [6, 6.07) is 15.3. The highest BCUT2D eigenvalue weighted by molar-refractivity contribution is 9.10. The van der Waals surface area contributed by atoms with Gasteiger partial charge in [-0.25, -0.2) is 0 Å². The van der Waals surface area contributed by atoms with Crippen molar-refractivity contribution in [3.63, 3.8) is 0 Å². The topological polar surface area (TPSA) is 47.6 Å². The lowest BCUT2D eigenvalue weighted by Crippen LogP contribution is -2.42. The van der Waals surface area contributed by atoms with Gasteiger partial charge < -0.3 is 14.8 Å². The van der Waals surface area contributed by atoms with Crippen molar-refractivity contribution in [2.75, 3.05) is 7.11 Å². The number of carbonyl (C=O) groups excluding carboxylic acids is 1. The zero-order valence-electron chi connectivity index (χ0n) is 14.1. The summed E-state index contributed by atoms with van der Waals surface area (Å²) in [5.74, 6) is 1.33. The molecule has 0 aliphatic rings. The molecule has 0 aliphatic heterocycles. The Morgan fingerprint density at radius 3 is 2.62 bits per heavy atom. The van der Waals surface area contributed by atoms with Crippen LogP contribution in [0, 0.1) is 0 Å². The van der Waals surface area contributed by atoms with E-state index < -0.39 is 6.10 Å². The van der Waals surface area contributed by atoms with Crippen LogP contribution < -0.4 is 14.8 Å². The molecule has 24 heavy (non-hydrogen) atoms. The number of ether oxygens (including phenoxy) is 2. The third-order valence-corrected chi connectivity index (χ3v) is 4.23. The van der Waals surface area contributed by atoms with Crippen molar-refractivity contribution in [3.8, 4) is 11.5 Å². The normalized spacial score (nSPS) is 13.0. The number of amides is 1. The smallest absolute Gasteiger partial charge is 0.260 e. The van der Waals surface area contributed by atoms with Crippen LogP contribution in [0.15, 0.2) is 53.0 Å². The first-order valence-corrected chi connectivity index (χ1v) is 8.63. The molecule has 0 saturated carbocycles. The third-order valence-electron chi connectivity index (χ3n) is 3.57. The van der Waals surface area contributed by atoms with E-state index in [9.17, 15) is 4.79 Å². The van der Waals surface area contributed by atoms with Crippen molar-refractivity contribution in [3.05, 3.63) is 58.6 Å². The molecular formula is C19H22BrNO3. The molecule has 1 amide bonds. The predicted octanol–water partition coefficient (Wildman–Crippen LogP) is 3.97. The van der Waals surface area contributed by atoms with Crippen LogP contribution in [0.4, 0.5) is 0 Å². The van der Waals surface area contributed by atoms with Gasteiger partial charge in [-0.1, -0.05) is 24.3 Å². The van der Waals surface area contributed by atoms with Crippen LogP contribution in [-0.4, -0.2) is 25.2 Å². The van der Waals surface area contributed by atoms with Crippen LogP contribution >= 0.6 is 15.9 Å². The Kier molecular flexibility index (Phi) is 6.67. The maximum Gasteiger partial charge on any atom is 0.260 e. The lowest BCUT2D eigenvalue weighted by atomic mass is 10.1. The van der Waals surface area contributed by atoms with Crippen molar-refractivity contribution in [2.24, 2.45) is 0 Å². The van der Waals surface area contributed by atoms with Crippen LogP contribution in [-0.2, 0) is 11.2 Å². The number of nitrogens with one attached hydrogen (secondary N) is 1. The maximum atomic E-state index is 12.3. The van der Waals surface area contributed by atoms with Gasteiger partial charge in [0.1, 0.15) is 11.5 Å². The van der Waals surface area contributed by atoms with Crippen LogP contribution in [0.25, 0.3) is 0 Å². The van der Waals surface area contributed by atoms with Gasteiger partial charge in [-0.3, -0.25) is 4.79 Å². The van der Waals surface area contributed by atoms with Gasteiger partial charge in [0.05, 0.1) is 11.6 Å². The molecule has 4 nitrogen and oxygen atoms in total. The van der Waals surface area contributed by atoms with Crippen molar-refractivity contribution < 1.29 is 14.3 Å². The van der Waals surface area contributed by atoms with E-state index in [-0.39, 0.29) is 11.9 Å². The molecule has 5 heteroatoms. The Morgan fingerprint density at radius 1 is 1.17 bits per heavy atom. The number of carbonyl (C=O) groups is 1. The van der Waals surface area contributed by atoms with Gasteiger partial charge in [0, 0.05) is 6.04 Å². The molecule has 0 aromatic heterocycles. The highest BCUT2D eigenvalue weighted by Gasteiger charge is 2.18. The minimum Gasteiger partial charge on any atom is -0.497 e. The summed E-state index contributed by atoms with van der Waals surface area (Å²) in [6.45, 7) is 3.72. The second-order valence-corrected chi connectivity index (χ2v) is 6.51. The standard InChI is InChI=1S/C19H22BrNO3/c1-13(11-15-7-6-8-16(12-15)23-3)21-19(22)14(2)24-18-10-5-4-9-17(18)20/h4-10,12-14H,11H2,1-3H3,(H,21,22). The van der Waals surface area contributed by atoms with E-state index in [0.29, 0.717) is 5.75 Å². The quantitative estimate of drug-likeness (QED) is 0.776. The monoisotopic (exact) mass is 391 g/mol. The van der Waals surface area contributed by atoms with E-state index in [2.05, 4.69) is 21.2 Å². The summed E-state index contributed by atoms with van der Waals surface area (Å²) in [5.41, 5.74) is 1.11. The molecular weight excluding hydrogens is 370 g/mol. The van der Waals surface area contributed by atoms with E-state index in [4.69, 9.17) is 9.47 Å². The number of benzene rings is 2. The summed E-state index contributed by atoms with van der Waals surface area (Å²) >= 11 is 3.41. The summed E-state index contributed by atoms with van der Waals surface area (Å²) in [4.78, 5) is 12.3. The van der Waals surface area contributed by atoms with Gasteiger partial charge in [0.25, 0.3) is 5.91 Å². The van der Waals surface area contributed by atoms with E-state index >= 15 is 0 Å². The Bertz CT molecular complexity index is 690. The summed E-state index contributed by atoms with van der Waals surface area (Å²) in [5, 5.41) is 2.99. The molecule has 2 unspecified atom stereocenters. The Hall–Kier alpha value is -2.01. The summed E-state index contributed by atoms with van der Waals surface area (Å²) in [6.07, 6.45) is 0.154. The highest BCUT2D eigenvalue weighted by atomic mass is 79.9. The first kappa shape index (κ1) is 18.3. The average Bonchev–Trinajstić information content (AvgIpc) is 2.56. The number of para-hydroxylation sites is 1. The fraction of sp³-hybridized carbons (Fsp3) is 0.316. The largest absolute Gasteiger partial charge is 0.497 e. The van der Waals surface area contributed by atoms with Gasteiger partial charge in [-0.15, -0.1) is 0 Å². The first-order valence-electron chi connectivity index (χ1n) is 7.84. The molecule has 0 bridgehead atoms. The number of methoxy groups -OCH3 is 1. The molecule has 0 heterocycles. The highest BCUT2D eigenvalue weighted by Crippen LogP contribution is 2.24. The Morgan fingerprint density at radius 2 is 1.92 bits per heavy atom. The fourth-order valence-corrected chi connectivity index (χ4v) is 2.73. The second kappa shape index (κ2) is 8.73. The molecule has 2 rings (SSSR count). The van der Waals surface area contributed by atoms with E-state index in [0.717, 1.165) is 22.2 Å². The van der Waals surface area contributed by atoms with Gasteiger partial charge in [-0.05, 0) is 66.0 Å².